The molecule has 6 nitrogen and oxygen atoms in total. The molecule has 0 aliphatic carbocycles. The van der Waals surface area contributed by atoms with Crippen LogP contribution >= 0.6 is 0 Å². The Hall–Kier alpha value is -2.08. The predicted octanol–water partition coefficient (Wildman–Crippen LogP) is 2.06. The van der Waals surface area contributed by atoms with Gasteiger partial charge in [0.15, 0.2) is 0 Å². The Morgan fingerprint density at radius 1 is 1.11 bits per heavy atom. The van der Waals surface area contributed by atoms with Crippen molar-refractivity contribution >= 4 is 11.8 Å². The fourth-order valence-electron chi connectivity index (χ4n) is 3.30. The van der Waals surface area contributed by atoms with Gasteiger partial charge in [-0.1, -0.05) is 32.4 Å². The molecule has 150 valence electrons. The molecule has 2 unspecified atom stereocenters. The largest absolute Gasteiger partial charge is 0.497 e. The molecule has 1 aliphatic heterocycles. The summed E-state index contributed by atoms with van der Waals surface area (Å²) in [5.74, 6) is 1.14. The lowest BCUT2D eigenvalue weighted by Gasteiger charge is -2.27. The summed E-state index contributed by atoms with van der Waals surface area (Å²) in [4.78, 5) is 28.9. The second-order valence-electron chi connectivity index (χ2n) is 7.32. The summed E-state index contributed by atoms with van der Waals surface area (Å²) in [7, 11) is 1.64. The maximum atomic E-state index is 12.6. The number of hydrogen-bond acceptors (Lipinski definition) is 4. The van der Waals surface area contributed by atoms with Gasteiger partial charge in [0, 0.05) is 32.6 Å². The van der Waals surface area contributed by atoms with E-state index in [1.807, 2.05) is 47.9 Å². The van der Waals surface area contributed by atoms with E-state index < -0.39 is 6.04 Å². The third-order valence-electron chi connectivity index (χ3n) is 5.49. The highest BCUT2D eigenvalue weighted by Gasteiger charge is 2.27. The van der Waals surface area contributed by atoms with Crippen LogP contribution in [0, 0.1) is 5.92 Å². The first-order valence-corrected chi connectivity index (χ1v) is 9.91. The Labute approximate surface area is 162 Å². The van der Waals surface area contributed by atoms with Crippen molar-refractivity contribution in [1.82, 2.24) is 9.80 Å². The van der Waals surface area contributed by atoms with Crippen molar-refractivity contribution < 1.29 is 14.3 Å². The minimum absolute atomic E-state index is 0.0110. The second kappa shape index (κ2) is 10.3. The van der Waals surface area contributed by atoms with Crippen molar-refractivity contribution in [3.63, 3.8) is 0 Å². The van der Waals surface area contributed by atoms with E-state index in [-0.39, 0.29) is 17.7 Å². The summed E-state index contributed by atoms with van der Waals surface area (Å²) >= 11 is 0. The fourth-order valence-corrected chi connectivity index (χ4v) is 3.30. The molecule has 0 radical (unpaired) electrons. The zero-order valence-electron chi connectivity index (χ0n) is 16.8. The van der Waals surface area contributed by atoms with Crippen molar-refractivity contribution in [3.8, 4) is 5.75 Å². The summed E-state index contributed by atoms with van der Waals surface area (Å²) in [6.45, 7) is 6.57. The van der Waals surface area contributed by atoms with Crippen LogP contribution in [0.5, 0.6) is 5.75 Å². The van der Waals surface area contributed by atoms with Crippen LogP contribution in [0.4, 0.5) is 0 Å². The standard InChI is InChI=1S/C21H33N3O3/c1-4-16(2)20(22)21(26)24-13-5-12-23(14-15-24)19(25)11-8-17-6-9-18(27-3)10-7-17/h6-7,9-10,16,20H,4-5,8,11-15,22H2,1-3H3. The molecule has 27 heavy (non-hydrogen) atoms. The third-order valence-corrected chi connectivity index (χ3v) is 5.49. The fraction of sp³-hybridized carbons (Fsp3) is 0.619. The monoisotopic (exact) mass is 375 g/mol. The number of benzene rings is 1. The maximum absolute atomic E-state index is 12.6. The van der Waals surface area contributed by atoms with Crippen molar-refractivity contribution in [2.45, 2.75) is 45.6 Å². The number of rotatable bonds is 7. The highest BCUT2D eigenvalue weighted by molar-refractivity contribution is 5.82. The topological polar surface area (TPSA) is 75.9 Å². The van der Waals surface area contributed by atoms with E-state index in [0.29, 0.717) is 39.0 Å². The van der Waals surface area contributed by atoms with Crippen LogP contribution in [-0.2, 0) is 16.0 Å². The van der Waals surface area contributed by atoms with Crippen LogP contribution in [0.1, 0.15) is 38.7 Å². The maximum Gasteiger partial charge on any atom is 0.239 e. The number of carbonyl (C=O) groups is 2. The molecule has 1 heterocycles. The summed E-state index contributed by atoms with van der Waals surface area (Å²) in [6, 6.07) is 7.36. The van der Waals surface area contributed by atoms with E-state index in [2.05, 4.69) is 0 Å². The lowest BCUT2D eigenvalue weighted by molar-refractivity contribution is -0.135. The first-order valence-electron chi connectivity index (χ1n) is 9.91. The van der Waals surface area contributed by atoms with Gasteiger partial charge >= 0.3 is 0 Å². The number of aryl methyl sites for hydroxylation is 1. The van der Waals surface area contributed by atoms with Gasteiger partial charge in [-0.25, -0.2) is 0 Å². The molecular formula is C21H33N3O3. The zero-order valence-corrected chi connectivity index (χ0v) is 16.8. The molecule has 0 saturated carbocycles. The smallest absolute Gasteiger partial charge is 0.239 e. The lowest BCUT2D eigenvalue weighted by atomic mass is 9.99. The summed E-state index contributed by atoms with van der Waals surface area (Å²) < 4.78 is 5.16. The molecule has 1 saturated heterocycles. The van der Waals surface area contributed by atoms with Crippen LogP contribution in [0.15, 0.2) is 24.3 Å². The molecule has 1 fully saturated rings. The van der Waals surface area contributed by atoms with Gasteiger partial charge in [0.2, 0.25) is 11.8 Å². The minimum atomic E-state index is -0.452. The first kappa shape index (κ1) is 21.2. The summed E-state index contributed by atoms with van der Waals surface area (Å²) in [5, 5.41) is 0. The molecule has 1 aromatic carbocycles. The van der Waals surface area contributed by atoms with Crippen LogP contribution < -0.4 is 10.5 Å². The van der Waals surface area contributed by atoms with Crippen molar-refractivity contribution in [2.75, 3.05) is 33.3 Å². The van der Waals surface area contributed by atoms with Gasteiger partial charge < -0.3 is 20.3 Å². The van der Waals surface area contributed by atoms with E-state index >= 15 is 0 Å². The first-order chi connectivity index (χ1) is 13.0. The van der Waals surface area contributed by atoms with Gasteiger partial charge in [-0.15, -0.1) is 0 Å². The molecule has 2 rings (SSSR count). The highest BCUT2D eigenvalue weighted by Crippen LogP contribution is 2.15. The Balaban J connectivity index is 1.83. The number of nitrogens with zero attached hydrogens (tertiary/aromatic N) is 2. The quantitative estimate of drug-likeness (QED) is 0.791. The van der Waals surface area contributed by atoms with E-state index in [0.717, 1.165) is 24.2 Å². The Morgan fingerprint density at radius 2 is 1.74 bits per heavy atom. The molecular weight excluding hydrogens is 342 g/mol. The molecule has 2 atom stereocenters. The van der Waals surface area contributed by atoms with E-state index in [4.69, 9.17) is 10.5 Å². The number of methoxy groups -OCH3 is 1. The predicted molar refractivity (Wildman–Crippen MR) is 107 cm³/mol. The van der Waals surface area contributed by atoms with Crippen LogP contribution in [0.2, 0.25) is 0 Å². The Bertz CT molecular complexity index is 618. The van der Waals surface area contributed by atoms with E-state index in [9.17, 15) is 9.59 Å². The van der Waals surface area contributed by atoms with Crippen molar-refractivity contribution in [2.24, 2.45) is 11.7 Å². The molecule has 0 aromatic heterocycles. The van der Waals surface area contributed by atoms with Gasteiger partial charge in [0.05, 0.1) is 13.2 Å². The molecule has 0 spiro atoms. The molecule has 6 heteroatoms. The average molecular weight is 376 g/mol. The van der Waals surface area contributed by atoms with Gasteiger partial charge in [-0.05, 0) is 36.5 Å². The number of ether oxygens (including phenoxy) is 1. The third kappa shape index (κ3) is 5.96. The number of nitrogens with two attached hydrogens (primary N) is 1. The van der Waals surface area contributed by atoms with E-state index in [1.54, 1.807) is 7.11 Å². The van der Waals surface area contributed by atoms with Gasteiger partial charge in [-0.2, -0.15) is 0 Å². The SMILES string of the molecule is CCC(C)C(N)C(=O)N1CCCN(C(=O)CCc2ccc(OC)cc2)CC1. The van der Waals surface area contributed by atoms with Gasteiger partial charge in [0.25, 0.3) is 0 Å². The Kier molecular flexibility index (Phi) is 8.10. The van der Waals surface area contributed by atoms with E-state index in [1.165, 1.54) is 0 Å². The lowest BCUT2D eigenvalue weighted by Crippen LogP contribution is -2.48. The number of hydrogen-bond donors (Lipinski definition) is 1. The molecule has 1 aromatic rings. The summed E-state index contributed by atoms with van der Waals surface area (Å²) in [6.07, 6.45) is 2.87. The Morgan fingerprint density at radius 3 is 2.37 bits per heavy atom. The normalized spacial score (nSPS) is 17.2. The summed E-state index contributed by atoms with van der Waals surface area (Å²) in [5.41, 5.74) is 7.22. The van der Waals surface area contributed by atoms with Crippen molar-refractivity contribution in [3.05, 3.63) is 29.8 Å². The second-order valence-corrected chi connectivity index (χ2v) is 7.32. The van der Waals surface area contributed by atoms with Gasteiger partial charge in [0.1, 0.15) is 5.75 Å². The molecule has 2 N–H and O–H groups in total. The number of carbonyl (C=O) groups excluding carboxylic acids is 2. The van der Waals surface area contributed by atoms with Crippen LogP contribution in [-0.4, -0.2) is 60.9 Å². The number of amides is 2. The highest BCUT2D eigenvalue weighted by atomic mass is 16.5. The van der Waals surface area contributed by atoms with Crippen LogP contribution in [0.3, 0.4) is 0 Å². The molecule has 2 amide bonds. The zero-order chi connectivity index (χ0) is 19.8. The average Bonchev–Trinajstić information content (AvgIpc) is 2.97. The molecule has 0 bridgehead atoms. The van der Waals surface area contributed by atoms with Crippen molar-refractivity contribution in [1.29, 1.82) is 0 Å². The van der Waals surface area contributed by atoms with Gasteiger partial charge in [-0.3, -0.25) is 9.59 Å². The van der Waals surface area contributed by atoms with Crippen LogP contribution in [0.25, 0.3) is 0 Å². The minimum Gasteiger partial charge on any atom is -0.497 e. The molecule has 1 aliphatic rings.